The van der Waals surface area contributed by atoms with Gasteiger partial charge in [-0.2, -0.15) is 0 Å². The maximum Gasteiger partial charge on any atom is 0.127 e. The predicted octanol–water partition coefficient (Wildman–Crippen LogP) is 4.08. The maximum absolute atomic E-state index is 10.4. The number of aliphatic hydroxyl groups is 1. The molecule has 0 fully saturated rings. The molecular weight excluding hydrogens is 298 g/mol. The zero-order valence-corrected chi connectivity index (χ0v) is 13.4. The fourth-order valence-corrected chi connectivity index (χ4v) is 2.61. The summed E-state index contributed by atoms with van der Waals surface area (Å²) in [6, 6.07) is 26.6. The molecule has 0 aliphatic heterocycles. The smallest absolute Gasteiger partial charge is 0.127 e. The second kappa shape index (κ2) is 7.77. The van der Waals surface area contributed by atoms with Crippen LogP contribution in [0.5, 0.6) is 11.5 Å². The summed E-state index contributed by atoms with van der Waals surface area (Å²) in [5.74, 6) is 1.48. The van der Waals surface area contributed by atoms with Crippen LogP contribution in [0.2, 0.25) is 0 Å². The SMILES string of the molecule is N[C@@H](c1cccc(Oc2ccccc2)c1)[C@H](O)Cc1ccccc1. The molecule has 0 heterocycles. The largest absolute Gasteiger partial charge is 0.457 e. The van der Waals surface area contributed by atoms with Crippen molar-refractivity contribution in [3.8, 4) is 11.5 Å². The Hall–Kier alpha value is -2.62. The van der Waals surface area contributed by atoms with Gasteiger partial charge in [-0.1, -0.05) is 60.7 Å². The number of benzene rings is 3. The quantitative estimate of drug-likeness (QED) is 0.720. The van der Waals surface area contributed by atoms with Crippen molar-refractivity contribution in [2.45, 2.75) is 18.6 Å². The zero-order valence-electron chi connectivity index (χ0n) is 13.4. The van der Waals surface area contributed by atoms with E-state index in [1.165, 1.54) is 0 Å². The molecule has 0 aliphatic rings. The van der Waals surface area contributed by atoms with Crippen molar-refractivity contribution in [2.24, 2.45) is 5.73 Å². The number of hydrogen-bond donors (Lipinski definition) is 2. The Morgan fingerprint density at radius 2 is 1.42 bits per heavy atom. The van der Waals surface area contributed by atoms with Gasteiger partial charge in [-0.3, -0.25) is 0 Å². The fraction of sp³-hybridized carbons (Fsp3) is 0.143. The van der Waals surface area contributed by atoms with Crippen molar-refractivity contribution in [3.63, 3.8) is 0 Å². The van der Waals surface area contributed by atoms with E-state index in [1.54, 1.807) is 0 Å². The minimum atomic E-state index is -0.653. The van der Waals surface area contributed by atoms with E-state index in [2.05, 4.69) is 0 Å². The van der Waals surface area contributed by atoms with Crippen LogP contribution < -0.4 is 10.5 Å². The van der Waals surface area contributed by atoms with E-state index in [0.29, 0.717) is 12.2 Å². The third-order valence-corrected chi connectivity index (χ3v) is 3.92. The summed E-state index contributed by atoms with van der Waals surface area (Å²) in [4.78, 5) is 0. The molecule has 3 N–H and O–H groups in total. The summed E-state index contributed by atoms with van der Waals surface area (Å²) in [6.45, 7) is 0. The van der Waals surface area contributed by atoms with Gasteiger partial charge in [0.25, 0.3) is 0 Å². The van der Waals surface area contributed by atoms with E-state index < -0.39 is 12.1 Å². The average Bonchev–Trinajstić information content (AvgIpc) is 2.63. The molecule has 0 bridgehead atoms. The summed E-state index contributed by atoms with van der Waals surface area (Å²) in [7, 11) is 0. The fourth-order valence-electron chi connectivity index (χ4n) is 2.61. The monoisotopic (exact) mass is 319 g/mol. The molecule has 3 rings (SSSR count). The Bertz CT molecular complexity index is 759. The molecule has 122 valence electrons. The van der Waals surface area contributed by atoms with E-state index in [1.807, 2.05) is 84.9 Å². The maximum atomic E-state index is 10.4. The lowest BCUT2D eigenvalue weighted by Gasteiger charge is -2.20. The first-order valence-corrected chi connectivity index (χ1v) is 8.03. The van der Waals surface area contributed by atoms with Crippen LogP contribution in [0.25, 0.3) is 0 Å². The minimum Gasteiger partial charge on any atom is -0.457 e. The highest BCUT2D eigenvalue weighted by Crippen LogP contribution is 2.25. The average molecular weight is 319 g/mol. The van der Waals surface area contributed by atoms with E-state index in [0.717, 1.165) is 16.9 Å². The predicted molar refractivity (Wildman–Crippen MR) is 96.0 cm³/mol. The number of hydrogen-bond acceptors (Lipinski definition) is 3. The van der Waals surface area contributed by atoms with Gasteiger partial charge >= 0.3 is 0 Å². The Labute approximate surface area is 142 Å². The molecule has 0 amide bonds. The lowest BCUT2D eigenvalue weighted by Crippen LogP contribution is -2.28. The second-order valence-corrected chi connectivity index (χ2v) is 5.77. The number of rotatable bonds is 6. The van der Waals surface area contributed by atoms with E-state index >= 15 is 0 Å². The Morgan fingerprint density at radius 3 is 2.12 bits per heavy atom. The van der Waals surface area contributed by atoms with Gasteiger partial charge in [0.2, 0.25) is 0 Å². The van der Waals surface area contributed by atoms with E-state index in [-0.39, 0.29) is 0 Å². The van der Waals surface area contributed by atoms with Gasteiger partial charge in [-0.05, 0) is 35.4 Å². The standard InChI is InChI=1S/C21H21NO2/c22-21(20(23)14-16-8-3-1-4-9-16)17-10-7-13-19(15-17)24-18-11-5-2-6-12-18/h1-13,15,20-21,23H,14,22H2/t20-,21+/m1/s1. The highest BCUT2D eigenvalue weighted by Gasteiger charge is 2.18. The van der Waals surface area contributed by atoms with Crippen LogP contribution in [0.1, 0.15) is 17.2 Å². The highest BCUT2D eigenvalue weighted by molar-refractivity contribution is 5.35. The molecule has 0 saturated heterocycles. The van der Waals surface area contributed by atoms with Gasteiger partial charge in [-0.15, -0.1) is 0 Å². The van der Waals surface area contributed by atoms with Gasteiger partial charge < -0.3 is 15.6 Å². The van der Waals surface area contributed by atoms with Gasteiger partial charge in [-0.25, -0.2) is 0 Å². The highest BCUT2D eigenvalue weighted by atomic mass is 16.5. The molecule has 0 aliphatic carbocycles. The molecule has 0 radical (unpaired) electrons. The topological polar surface area (TPSA) is 55.5 Å². The second-order valence-electron chi connectivity index (χ2n) is 5.77. The number of ether oxygens (including phenoxy) is 1. The van der Waals surface area contributed by atoms with Crippen LogP contribution in [0, 0.1) is 0 Å². The Balaban J connectivity index is 1.70. The van der Waals surface area contributed by atoms with Crippen LogP contribution in [-0.4, -0.2) is 11.2 Å². The van der Waals surface area contributed by atoms with Crippen LogP contribution in [-0.2, 0) is 6.42 Å². The summed E-state index contributed by atoms with van der Waals surface area (Å²) >= 11 is 0. The van der Waals surface area contributed by atoms with Gasteiger partial charge in [0.15, 0.2) is 0 Å². The first kappa shape index (κ1) is 16.2. The molecule has 0 aromatic heterocycles. The lowest BCUT2D eigenvalue weighted by molar-refractivity contribution is 0.145. The van der Waals surface area contributed by atoms with Crippen molar-refractivity contribution in [1.82, 2.24) is 0 Å². The van der Waals surface area contributed by atoms with Crippen molar-refractivity contribution < 1.29 is 9.84 Å². The van der Waals surface area contributed by atoms with Gasteiger partial charge in [0, 0.05) is 6.42 Å². The minimum absolute atomic E-state index is 0.468. The van der Waals surface area contributed by atoms with Crippen molar-refractivity contribution in [2.75, 3.05) is 0 Å². The third kappa shape index (κ3) is 4.22. The van der Waals surface area contributed by atoms with Gasteiger partial charge in [0.05, 0.1) is 12.1 Å². The summed E-state index contributed by atoms with van der Waals surface area (Å²) in [5, 5.41) is 10.4. The summed E-state index contributed by atoms with van der Waals surface area (Å²) in [6.07, 6.45) is -0.134. The summed E-state index contributed by atoms with van der Waals surface area (Å²) in [5.41, 5.74) is 8.16. The molecule has 2 atom stereocenters. The van der Waals surface area contributed by atoms with Crippen molar-refractivity contribution >= 4 is 0 Å². The molecule has 3 aromatic carbocycles. The zero-order chi connectivity index (χ0) is 16.8. The molecule has 0 unspecified atom stereocenters. The first-order chi connectivity index (χ1) is 11.7. The van der Waals surface area contributed by atoms with Crippen LogP contribution in [0.15, 0.2) is 84.9 Å². The van der Waals surface area contributed by atoms with E-state index in [4.69, 9.17) is 10.5 Å². The summed E-state index contributed by atoms with van der Waals surface area (Å²) < 4.78 is 5.83. The molecule has 3 nitrogen and oxygen atoms in total. The lowest BCUT2D eigenvalue weighted by atomic mass is 9.97. The molecule has 3 aromatic rings. The van der Waals surface area contributed by atoms with E-state index in [9.17, 15) is 5.11 Å². The molecule has 0 spiro atoms. The molecule has 0 saturated carbocycles. The Kier molecular flexibility index (Phi) is 5.26. The molecule has 3 heteroatoms. The number of para-hydroxylation sites is 1. The Morgan fingerprint density at radius 1 is 0.792 bits per heavy atom. The van der Waals surface area contributed by atoms with Crippen molar-refractivity contribution in [3.05, 3.63) is 96.1 Å². The van der Waals surface area contributed by atoms with Crippen molar-refractivity contribution in [1.29, 1.82) is 0 Å². The first-order valence-electron chi connectivity index (χ1n) is 8.03. The number of nitrogens with two attached hydrogens (primary N) is 1. The van der Waals surface area contributed by atoms with Crippen LogP contribution in [0.3, 0.4) is 0 Å². The molecule has 24 heavy (non-hydrogen) atoms. The van der Waals surface area contributed by atoms with Crippen LogP contribution >= 0.6 is 0 Å². The number of aliphatic hydroxyl groups excluding tert-OH is 1. The third-order valence-electron chi connectivity index (χ3n) is 3.92. The van der Waals surface area contributed by atoms with Gasteiger partial charge in [0.1, 0.15) is 11.5 Å². The normalized spacial score (nSPS) is 13.2. The molecular formula is C21H21NO2. The van der Waals surface area contributed by atoms with Crippen LogP contribution in [0.4, 0.5) is 0 Å².